The van der Waals surface area contributed by atoms with Crippen LogP contribution in [0.25, 0.3) is 0 Å². The molecule has 2 aliphatic rings. The standard InChI is InChI=1S/C19H27N3O5S/c1-19(2)15-10-14(7-8-16(15)22(4)18(19)24)28(25,26)21(3)12-17(23)20-11-13-6-5-9-27-13/h7-8,10,13H,5-6,9,11-12H2,1-4H3,(H,20,23)/t13-/m1/s1. The second kappa shape index (κ2) is 7.46. The van der Waals surface area contributed by atoms with Crippen LogP contribution in [-0.4, -0.2) is 64.4 Å². The van der Waals surface area contributed by atoms with Crippen molar-refractivity contribution in [3.05, 3.63) is 23.8 Å². The fraction of sp³-hybridized carbons (Fsp3) is 0.579. The van der Waals surface area contributed by atoms with Crippen LogP contribution in [0.5, 0.6) is 0 Å². The number of amides is 2. The predicted molar refractivity (Wildman–Crippen MR) is 105 cm³/mol. The fourth-order valence-electron chi connectivity index (χ4n) is 3.67. The summed E-state index contributed by atoms with van der Waals surface area (Å²) in [6, 6.07) is 4.65. The first-order valence-electron chi connectivity index (χ1n) is 9.32. The van der Waals surface area contributed by atoms with Crippen LogP contribution in [0, 0.1) is 0 Å². The zero-order valence-electron chi connectivity index (χ0n) is 16.7. The number of carbonyl (C=O) groups is 2. The highest BCUT2D eigenvalue weighted by Crippen LogP contribution is 2.41. The van der Waals surface area contributed by atoms with Crippen molar-refractivity contribution in [3.63, 3.8) is 0 Å². The van der Waals surface area contributed by atoms with Crippen LogP contribution in [0.4, 0.5) is 5.69 Å². The second-order valence-electron chi connectivity index (χ2n) is 7.87. The molecule has 0 radical (unpaired) electrons. The zero-order valence-corrected chi connectivity index (χ0v) is 17.5. The van der Waals surface area contributed by atoms with E-state index in [2.05, 4.69) is 5.32 Å². The molecule has 0 unspecified atom stereocenters. The lowest BCUT2D eigenvalue weighted by atomic mass is 9.86. The number of nitrogens with one attached hydrogen (secondary N) is 1. The Morgan fingerprint density at radius 1 is 1.39 bits per heavy atom. The van der Waals surface area contributed by atoms with E-state index >= 15 is 0 Å². The van der Waals surface area contributed by atoms with Crippen LogP contribution < -0.4 is 10.2 Å². The topological polar surface area (TPSA) is 96.0 Å². The van der Waals surface area contributed by atoms with Gasteiger partial charge in [-0.3, -0.25) is 9.59 Å². The molecule has 2 heterocycles. The first-order valence-corrected chi connectivity index (χ1v) is 10.8. The van der Waals surface area contributed by atoms with Crippen molar-refractivity contribution in [1.82, 2.24) is 9.62 Å². The summed E-state index contributed by atoms with van der Waals surface area (Å²) in [7, 11) is -0.820. The van der Waals surface area contributed by atoms with Gasteiger partial charge in [0.25, 0.3) is 0 Å². The summed E-state index contributed by atoms with van der Waals surface area (Å²) >= 11 is 0. The first kappa shape index (κ1) is 20.8. The van der Waals surface area contributed by atoms with E-state index in [1.54, 1.807) is 27.0 Å². The van der Waals surface area contributed by atoms with Gasteiger partial charge in [-0.1, -0.05) is 0 Å². The Bertz CT molecular complexity index is 891. The van der Waals surface area contributed by atoms with Gasteiger partial charge in [-0.25, -0.2) is 8.42 Å². The summed E-state index contributed by atoms with van der Waals surface area (Å²) in [5, 5.41) is 2.72. The third kappa shape index (κ3) is 3.66. The number of anilines is 1. The minimum atomic E-state index is -3.87. The number of hydrogen-bond donors (Lipinski definition) is 1. The highest BCUT2D eigenvalue weighted by Gasteiger charge is 2.43. The zero-order chi connectivity index (χ0) is 20.7. The maximum Gasteiger partial charge on any atom is 0.243 e. The summed E-state index contributed by atoms with van der Waals surface area (Å²) in [4.78, 5) is 26.2. The molecule has 28 heavy (non-hydrogen) atoms. The Labute approximate surface area is 165 Å². The molecule has 8 nitrogen and oxygen atoms in total. The smallest absolute Gasteiger partial charge is 0.243 e. The summed E-state index contributed by atoms with van der Waals surface area (Å²) in [5.41, 5.74) is 0.565. The number of nitrogens with zero attached hydrogens (tertiary/aromatic N) is 2. The Hall–Kier alpha value is -1.97. The van der Waals surface area contributed by atoms with Crippen molar-refractivity contribution >= 4 is 27.5 Å². The average molecular weight is 410 g/mol. The van der Waals surface area contributed by atoms with Crippen LogP contribution in [-0.2, 0) is 29.8 Å². The number of ether oxygens (including phenoxy) is 1. The van der Waals surface area contributed by atoms with E-state index in [0.29, 0.717) is 24.4 Å². The minimum Gasteiger partial charge on any atom is -0.376 e. The number of benzene rings is 1. The van der Waals surface area contributed by atoms with Gasteiger partial charge < -0.3 is 15.0 Å². The van der Waals surface area contributed by atoms with Crippen molar-refractivity contribution in [3.8, 4) is 0 Å². The molecular weight excluding hydrogens is 382 g/mol. The molecule has 0 saturated carbocycles. The van der Waals surface area contributed by atoms with Gasteiger partial charge in [-0.15, -0.1) is 0 Å². The number of sulfonamides is 1. The molecule has 0 aliphatic carbocycles. The Kier molecular flexibility index (Phi) is 5.53. The lowest BCUT2D eigenvalue weighted by Gasteiger charge is -2.20. The van der Waals surface area contributed by atoms with E-state index in [4.69, 9.17) is 4.74 Å². The van der Waals surface area contributed by atoms with Gasteiger partial charge in [0, 0.05) is 32.9 Å². The molecular formula is C19H27N3O5S. The Balaban J connectivity index is 1.73. The minimum absolute atomic E-state index is 0.000618. The van der Waals surface area contributed by atoms with E-state index < -0.39 is 15.4 Å². The summed E-state index contributed by atoms with van der Waals surface area (Å²) in [5.74, 6) is -0.461. The molecule has 1 fully saturated rings. The number of fused-ring (bicyclic) bond motifs is 1. The second-order valence-corrected chi connectivity index (χ2v) is 9.91. The Morgan fingerprint density at radius 2 is 2.11 bits per heavy atom. The number of hydrogen-bond acceptors (Lipinski definition) is 5. The summed E-state index contributed by atoms with van der Waals surface area (Å²) < 4.78 is 32.3. The quantitative estimate of drug-likeness (QED) is 0.752. The van der Waals surface area contributed by atoms with E-state index in [1.165, 1.54) is 24.1 Å². The molecule has 0 spiro atoms. The number of likely N-dealkylation sites (N-methyl/N-ethyl adjacent to an activating group) is 2. The van der Waals surface area contributed by atoms with Crippen LogP contribution in [0.2, 0.25) is 0 Å². The first-order chi connectivity index (χ1) is 13.0. The van der Waals surface area contributed by atoms with Gasteiger partial charge in [-0.05, 0) is 50.5 Å². The predicted octanol–water partition coefficient (Wildman–Crippen LogP) is 0.856. The van der Waals surface area contributed by atoms with Crippen molar-refractivity contribution in [1.29, 1.82) is 0 Å². The monoisotopic (exact) mass is 409 g/mol. The third-order valence-electron chi connectivity index (χ3n) is 5.47. The number of carbonyl (C=O) groups excluding carboxylic acids is 2. The van der Waals surface area contributed by atoms with Gasteiger partial charge >= 0.3 is 0 Å². The molecule has 1 N–H and O–H groups in total. The van der Waals surface area contributed by atoms with Crippen LogP contribution in [0.15, 0.2) is 23.1 Å². The summed E-state index contributed by atoms with van der Waals surface area (Å²) in [6.45, 7) is 4.34. The van der Waals surface area contributed by atoms with E-state index in [9.17, 15) is 18.0 Å². The molecule has 1 aromatic carbocycles. The molecule has 3 rings (SSSR count). The maximum atomic E-state index is 12.9. The SMILES string of the molecule is CN1C(=O)C(C)(C)c2cc(S(=O)(=O)N(C)CC(=O)NC[C@H]3CCCO3)ccc21. The van der Waals surface area contributed by atoms with Crippen molar-refractivity contribution in [2.75, 3.05) is 38.7 Å². The van der Waals surface area contributed by atoms with Crippen molar-refractivity contribution < 1.29 is 22.7 Å². The van der Waals surface area contributed by atoms with Gasteiger partial charge in [0.15, 0.2) is 0 Å². The molecule has 154 valence electrons. The average Bonchev–Trinajstić information content (AvgIpc) is 3.22. The highest BCUT2D eigenvalue weighted by atomic mass is 32.2. The van der Waals surface area contributed by atoms with E-state index in [0.717, 1.165) is 17.1 Å². The molecule has 0 aromatic heterocycles. The van der Waals surface area contributed by atoms with E-state index in [1.807, 2.05) is 0 Å². The lowest BCUT2D eigenvalue weighted by molar-refractivity contribution is -0.122. The molecule has 0 bridgehead atoms. The van der Waals surface area contributed by atoms with Gasteiger partial charge in [0.2, 0.25) is 21.8 Å². The fourth-order valence-corrected chi connectivity index (χ4v) is 4.82. The van der Waals surface area contributed by atoms with Crippen LogP contribution in [0.3, 0.4) is 0 Å². The highest BCUT2D eigenvalue weighted by molar-refractivity contribution is 7.89. The van der Waals surface area contributed by atoms with Gasteiger partial charge in [0.05, 0.1) is 23.0 Å². The van der Waals surface area contributed by atoms with Crippen molar-refractivity contribution in [2.24, 2.45) is 0 Å². The maximum absolute atomic E-state index is 12.9. The molecule has 2 aliphatic heterocycles. The van der Waals surface area contributed by atoms with Crippen LogP contribution in [0.1, 0.15) is 32.3 Å². The van der Waals surface area contributed by atoms with E-state index in [-0.39, 0.29) is 29.4 Å². The van der Waals surface area contributed by atoms with Gasteiger partial charge in [0.1, 0.15) is 0 Å². The molecule has 1 aromatic rings. The van der Waals surface area contributed by atoms with Gasteiger partial charge in [-0.2, -0.15) is 4.31 Å². The third-order valence-corrected chi connectivity index (χ3v) is 7.27. The van der Waals surface area contributed by atoms with Crippen LogP contribution >= 0.6 is 0 Å². The van der Waals surface area contributed by atoms with Crippen molar-refractivity contribution in [2.45, 2.75) is 43.1 Å². The molecule has 1 saturated heterocycles. The largest absolute Gasteiger partial charge is 0.376 e. The number of rotatable bonds is 6. The normalized spacial score (nSPS) is 21.2. The molecule has 9 heteroatoms. The lowest BCUT2D eigenvalue weighted by Crippen LogP contribution is -2.40. The summed E-state index contributed by atoms with van der Waals surface area (Å²) in [6.07, 6.45) is 1.87. The Morgan fingerprint density at radius 3 is 2.75 bits per heavy atom. The molecule has 2 amide bonds. The molecule has 1 atom stereocenters.